The molecule has 1 aliphatic carbocycles. The number of aliphatic hydroxyl groups is 2. The fourth-order valence-electron chi connectivity index (χ4n) is 7.77. The number of primary amides is 1. The quantitative estimate of drug-likeness (QED) is 0.0934. The van der Waals surface area contributed by atoms with Crippen molar-refractivity contribution in [2.24, 2.45) is 23.1 Å². The van der Waals surface area contributed by atoms with Crippen LogP contribution in [0, 0.1) is 18.7 Å². The van der Waals surface area contributed by atoms with Gasteiger partial charge in [0.2, 0.25) is 18.1 Å². The van der Waals surface area contributed by atoms with Gasteiger partial charge in [-0.3, -0.25) is 14.4 Å². The van der Waals surface area contributed by atoms with E-state index in [0.717, 1.165) is 47.9 Å². The minimum absolute atomic E-state index is 0.0102. The van der Waals surface area contributed by atoms with Crippen molar-refractivity contribution in [1.29, 1.82) is 0 Å². The molecule has 2 aromatic heterocycles. The number of fused-ring (bicyclic) bond motifs is 5. The van der Waals surface area contributed by atoms with Gasteiger partial charge in [-0.15, -0.1) is 0 Å². The molecule has 362 valence electrons. The van der Waals surface area contributed by atoms with Crippen molar-refractivity contribution in [2.45, 2.75) is 111 Å². The van der Waals surface area contributed by atoms with E-state index in [9.17, 15) is 43.4 Å². The summed E-state index contributed by atoms with van der Waals surface area (Å²) >= 11 is 0. The molecule has 20 nitrogen and oxygen atoms in total. The molecule has 0 bridgehead atoms. The topological polar surface area (TPSA) is 320 Å². The summed E-state index contributed by atoms with van der Waals surface area (Å²) in [5.41, 5.74) is 21.7. The fraction of sp³-hybridized carbons (Fsp3) is 0.457. The molecular formula is C46H58FN7O13. The summed E-state index contributed by atoms with van der Waals surface area (Å²) in [5.74, 6) is -2.64. The van der Waals surface area contributed by atoms with Gasteiger partial charge in [-0.05, 0) is 79.1 Å². The standard InChI is InChI=1S/C22H17FN2O4.C18H24N4O9.C4H11N.C2H6/c1-9-10-3-2-4-11-13-7-25-17(19(13)24-16(18(10)11)6-15(9)23)5-12-14(21(25)27)8-29-22(28)20(12)26;19-6-14(24)21-7-15(25)22-11-3-9(8-29-18(20)28)1-2-12(11)30-16-5-10(23)4-13(31-16)17(26)27;1-4(2)3-5;1-2/h5-6,20,26H,2-4,7-8H2,1H3;1-3,10,13,16,23H,4-8,19H2,(H2,20,28)(H,21,24)(H,22,25)(H,26,27);4H,3,5H2,1-2H3;1-2H3. The Balaban J connectivity index is 0.000000221. The van der Waals surface area contributed by atoms with Crippen molar-refractivity contribution in [3.8, 4) is 17.1 Å². The largest absolute Gasteiger partial charge is 0.479 e. The Morgan fingerprint density at radius 1 is 1.00 bits per heavy atom. The number of benzene rings is 2. The lowest BCUT2D eigenvalue weighted by molar-refractivity contribution is -0.195. The number of cyclic esters (lactones) is 1. The highest BCUT2D eigenvalue weighted by Crippen LogP contribution is 2.42. The molecule has 0 radical (unpaired) electrons. The Hall–Kier alpha value is -6.52. The molecule has 1 saturated heterocycles. The Labute approximate surface area is 384 Å². The number of pyridine rings is 2. The first-order valence-corrected chi connectivity index (χ1v) is 21.9. The predicted octanol–water partition coefficient (Wildman–Crippen LogP) is 2.70. The van der Waals surface area contributed by atoms with Crippen LogP contribution < -0.4 is 38.1 Å². The van der Waals surface area contributed by atoms with Crippen LogP contribution in [0.5, 0.6) is 5.75 Å². The van der Waals surface area contributed by atoms with E-state index in [1.807, 2.05) is 13.8 Å². The van der Waals surface area contributed by atoms with Crippen molar-refractivity contribution < 1.29 is 62.6 Å². The van der Waals surface area contributed by atoms with Crippen LogP contribution >= 0.6 is 0 Å². The maximum atomic E-state index is 14.5. The minimum atomic E-state index is -1.48. The Kier molecular flexibility index (Phi) is 17.5. The van der Waals surface area contributed by atoms with Crippen LogP contribution in [0.15, 0.2) is 35.1 Å². The number of amides is 3. The van der Waals surface area contributed by atoms with Crippen LogP contribution in [0.2, 0.25) is 0 Å². The smallest absolute Gasteiger partial charge is 0.404 e. The van der Waals surface area contributed by atoms with Crippen LogP contribution in [0.25, 0.3) is 22.3 Å². The first-order valence-electron chi connectivity index (χ1n) is 21.9. The van der Waals surface area contributed by atoms with E-state index in [-0.39, 0.29) is 67.5 Å². The van der Waals surface area contributed by atoms with Crippen molar-refractivity contribution in [3.63, 3.8) is 0 Å². The maximum Gasteiger partial charge on any atom is 0.404 e. The van der Waals surface area contributed by atoms with Crippen LogP contribution in [-0.2, 0) is 66.0 Å². The molecule has 2 aromatic carbocycles. The lowest BCUT2D eigenvalue weighted by Crippen LogP contribution is -2.42. The number of nitrogens with one attached hydrogen (secondary N) is 2. The molecular weight excluding hydrogens is 878 g/mol. The average Bonchev–Trinajstić information content (AvgIpc) is 3.68. The Morgan fingerprint density at radius 3 is 2.36 bits per heavy atom. The number of esters is 1. The van der Waals surface area contributed by atoms with Gasteiger partial charge in [0.05, 0.1) is 53.9 Å². The molecule has 4 unspecified atom stereocenters. The van der Waals surface area contributed by atoms with E-state index >= 15 is 0 Å². The van der Waals surface area contributed by atoms with Gasteiger partial charge in [0.25, 0.3) is 5.56 Å². The van der Waals surface area contributed by atoms with Gasteiger partial charge < -0.3 is 66.7 Å². The van der Waals surface area contributed by atoms with Gasteiger partial charge in [0.15, 0.2) is 12.2 Å². The number of carboxylic acids is 1. The lowest BCUT2D eigenvalue weighted by Gasteiger charge is -2.31. The van der Waals surface area contributed by atoms with Crippen molar-refractivity contribution >= 4 is 46.4 Å². The first kappa shape index (κ1) is 51.5. The monoisotopic (exact) mass is 935 g/mol. The molecule has 0 spiro atoms. The summed E-state index contributed by atoms with van der Waals surface area (Å²) in [5, 5.41) is 35.1. The second-order valence-electron chi connectivity index (χ2n) is 16.2. The molecule has 4 aromatic rings. The minimum Gasteiger partial charge on any atom is -0.479 e. The molecule has 67 heavy (non-hydrogen) atoms. The van der Waals surface area contributed by atoms with Gasteiger partial charge in [-0.25, -0.2) is 23.8 Å². The molecule has 4 aliphatic rings. The normalized spacial score (nSPS) is 18.5. The number of aromatic nitrogens is 2. The molecule has 8 rings (SSSR count). The van der Waals surface area contributed by atoms with Crippen LogP contribution in [0.1, 0.15) is 92.0 Å². The highest BCUT2D eigenvalue weighted by molar-refractivity contribution is 5.96. The summed E-state index contributed by atoms with van der Waals surface area (Å²) in [4.78, 5) is 75.0. The zero-order chi connectivity index (χ0) is 49.3. The SMILES string of the molecule is CC.CC(C)CN.Cc1c(F)cc2nc3c(c4c2c1CCC4)Cn1c-3cc2c(c1=O)COC(=O)C2O.NCC(=O)NCC(=O)Nc1cc(COC(N)=O)ccc1OC1CC(O)CC(C(=O)O)O1. The van der Waals surface area contributed by atoms with Crippen molar-refractivity contribution in [3.05, 3.63) is 85.4 Å². The zero-order valence-corrected chi connectivity index (χ0v) is 38.0. The van der Waals surface area contributed by atoms with E-state index in [1.165, 1.54) is 24.3 Å². The number of carboxylic acid groups (broad SMARTS) is 1. The summed E-state index contributed by atoms with van der Waals surface area (Å²) in [6.07, 6.45) is -3.23. The molecule has 0 saturated carbocycles. The number of carbonyl (C=O) groups excluding carboxylic acids is 4. The summed E-state index contributed by atoms with van der Waals surface area (Å²) in [6, 6.07) is 7.53. The van der Waals surface area contributed by atoms with E-state index < -0.39 is 54.4 Å². The van der Waals surface area contributed by atoms with E-state index in [4.69, 9.17) is 46.2 Å². The highest BCUT2D eigenvalue weighted by atomic mass is 19.1. The maximum absolute atomic E-state index is 14.5. The van der Waals surface area contributed by atoms with E-state index in [1.54, 1.807) is 17.6 Å². The number of anilines is 1. The van der Waals surface area contributed by atoms with Crippen LogP contribution in [-0.4, -0.2) is 92.8 Å². The third-order valence-electron chi connectivity index (χ3n) is 11.1. The molecule has 11 N–H and O–H groups in total. The molecule has 1 fully saturated rings. The van der Waals surface area contributed by atoms with Gasteiger partial charge in [-0.2, -0.15) is 0 Å². The molecule has 3 amide bonds. The predicted molar refractivity (Wildman–Crippen MR) is 241 cm³/mol. The average molecular weight is 936 g/mol. The van der Waals surface area contributed by atoms with E-state index in [0.29, 0.717) is 46.1 Å². The number of aryl methyl sites for hydroxylation is 2. The Morgan fingerprint density at radius 2 is 1.70 bits per heavy atom. The number of aliphatic hydroxyl groups excluding tert-OH is 2. The number of hydrogen-bond acceptors (Lipinski definition) is 15. The molecule has 21 heteroatoms. The van der Waals surface area contributed by atoms with E-state index in [2.05, 4.69) is 24.5 Å². The van der Waals surface area contributed by atoms with Gasteiger partial charge in [0, 0.05) is 35.4 Å². The highest BCUT2D eigenvalue weighted by Gasteiger charge is 2.36. The van der Waals surface area contributed by atoms with Gasteiger partial charge in [0.1, 0.15) is 24.8 Å². The fourth-order valence-corrected chi connectivity index (χ4v) is 7.77. The number of carbonyl (C=O) groups is 5. The van der Waals surface area contributed by atoms with Crippen LogP contribution in [0.3, 0.4) is 0 Å². The van der Waals surface area contributed by atoms with Gasteiger partial charge in [-0.1, -0.05) is 33.8 Å². The molecule has 3 aliphatic heterocycles. The third-order valence-corrected chi connectivity index (χ3v) is 11.1. The first-order chi connectivity index (χ1) is 31.9. The van der Waals surface area contributed by atoms with Crippen molar-refractivity contribution in [1.82, 2.24) is 14.9 Å². The van der Waals surface area contributed by atoms with Crippen LogP contribution in [0.4, 0.5) is 14.9 Å². The summed E-state index contributed by atoms with van der Waals surface area (Å²) in [7, 11) is 0. The number of halogens is 1. The lowest BCUT2D eigenvalue weighted by atomic mass is 9.85. The number of aliphatic carboxylic acids is 1. The number of nitrogens with zero attached hydrogens (tertiary/aromatic N) is 2. The second kappa shape index (κ2) is 22.8. The number of ether oxygens (including phenoxy) is 4. The number of rotatable bonds is 10. The van der Waals surface area contributed by atoms with Crippen molar-refractivity contribution in [2.75, 3.05) is 25.0 Å². The number of nitrogens with two attached hydrogens (primary N) is 3. The number of hydrogen-bond donors (Lipinski definition) is 8. The zero-order valence-electron chi connectivity index (χ0n) is 38.0. The second-order valence-corrected chi connectivity index (χ2v) is 16.2. The Bertz CT molecular complexity index is 2580. The molecule has 4 atom stereocenters. The molecule has 5 heterocycles. The van der Waals surface area contributed by atoms with Gasteiger partial charge >= 0.3 is 18.0 Å². The summed E-state index contributed by atoms with van der Waals surface area (Å²) in [6.45, 7) is 10.2. The third kappa shape index (κ3) is 12.1. The summed E-state index contributed by atoms with van der Waals surface area (Å²) < 4.78 is 36.8.